The van der Waals surface area contributed by atoms with E-state index in [9.17, 15) is 0 Å². The van der Waals surface area contributed by atoms with Crippen LogP contribution in [0.1, 0.15) is 0 Å². The van der Waals surface area contributed by atoms with Gasteiger partial charge in [-0.15, -0.1) is 0 Å². The summed E-state index contributed by atoms with van der Waals surface area (Å²) in [4.78, 5) is 0. The van der Waals surface area contributed by atoms with Crippen LogP contribution in [-0.2, 0) is 72.2 Å². The van der Waals surface area contributed by atoms with Gasteiger partial charge in [0.25, 0.3) is 0 Å². The van der Waals surface area contributed by atoms with Gasteiger partial charge in [-0.25, -0.2) is 0 Å². The summed E-state index contributed by atoms with van der Waals surface area (Å²) in [7, 11) is 0. The molecule has 0 saturated heterocycles. The fourth-order valence-corrected chi connectivity index (χ4v) is 0. The predicted molar refractivity (Wildman–Crippen MR) is 0 cm³/mol. The number of hydrogen-bond donors (Lipinski definition) is 0. The topological polar surface area (TPSA) is 0 Å². The molecule has 0 aromatic heterocycles. The van der Waals surface area contributed by atoms with Crippen LogP contribution in [0.15, 0.2) is 0 Å². The smallest absolute Gasteiger partial charge is 0 e. The molecular formula is AgCuLaY. The first-order valence-corrected chi connectivity index (χ1v) is 0. The van der Waals surface area contributed by atoms with Gasteiger partial charge in [-0.3, -0.25) is 0 Å². The third-order valence-corrected chi connectivity index (χ3v) is 0. The Morgan fingerprint density at radius 2 is 1.00 bits per heavy atom. The molecule has 4 heavy (non-hydrogen) atoms. The SMILES string of the molecule is [Ag].[Cu].[La].[Y]. The normalized spacial score (nSPS) is 0. The standard InChI is InChI=1S/Ag.Cu.La.Y. The van der Waals surface area contributed by atoms with E-state index in [0.717, 1.165) is 0 Å². The Labute approximate surface area is 105 Å². The van der Waals surface area contributed by atoms with Crippen LogP contribution in [0, 0.1) is 35.6 Å². The van der Waals surface area contributed by atoms with Crippen LogP contribution in [-0.4, -0.2) is 0 Å². The average Bonchev–Trinajstić information content (AvgIpc) is 0. The third kappa shape index (κ3) is 9.12. The molecular weight excluding hydrogens is 399 g/mol. The molecule has 4 radical (unpaired) electrons. The summed E-state index contributed by atoms with van der Waals surface area (Å²) in [6.07, 6.45) is 0. The second-order valence-corrected chi connectivity index (χ2v) is 0. The zero-order valence-corrected chi connectivity index (χ0v) is 10.6. The molecule has 0 spiro atoms. The molecule has 0 unspecified atom stereocenters. The van der Waals surface area contributed by atoms with E-state index >= 15 is 0 Å². The van der Waals surface area contributed by atoms with E-state index in [1.807, 2.05) is 0 Å². The molecule has 0 aliphatic carbocycles. The monoisotopic (exact) mass is 398 g/mol. The molecule has 0 nitrogen and oxygen atoms in total. The van der Waals surface area contributed by atoms with Gasteiger partial charge in [0, 0.05) is 108 Å². The molecule has 28 valence electrons. The first kappa shape index (κ1) is 25.7. The zero-order valence-electron chi connectivity index (χ0n) is 1.76. The minimum absolute atomic E-state index is 0. The summed E-state index contributed by atoms with van der Waals surface area (Å²) in [6, 6.07) is 0. The molecule has 4 heteroatoms. The van der Waals surface area contributed by atoms with E-state index < -0.39 is 0 Å². The van der Waals surface area contributed by atoms with Gasteiger partial charge in [-0.1, -0.05) is 0 Å². The maximum atomic E-state index is 0. The van der Waals surface area contributed by atoms with Crippen molar-refractivity contribution in [2.24, 2.45) is 0 Å². The van der Waals surface area contributed by atoms with Gasteiger partial charge in [0.1, 0.15) is 0 Å². The van der Waals surface area contributed by atoms with Gasteiger partial charge in [-0.05, 0) is 0 Å². The van der Waals surface area contributed by atoms with E-state index in [2.05, 4.69) is 0 Å². The molecule has 0 aliphatic rings. The van der Waals surface area contributed by atoms with Crippen molar-refractivity contribution in [2.75, 3.05) is 0 Å². The Balaban J connectivity index is 0. The minimum Gasteiger partial charge on any atom is 0 e. The second-order valence-electron chi connectivity index (χ2n) is 0. The third-order valence-electron chi connectivity index (χ3n) is 0. The van der Waals surface area contributed by atoms with Crippen molar-refractivity contribution in [2.45, 2.75) is 0 Å². The van der Waals surface area contributed by atoms with Gasteiger partial charge in [0.2, 0.25) is 0 Å². The fourth-order valence-electron chi connectivity index (χ4n) is 0. The Hall–Kier alpha value is 3.56. The van der Waals surface area contributed by atoms with E-state index in [4.69, 9.17) is 0 Å². The molecule has 0 aliphatic heterocycles. The summed E-state index contributed by atoms with van der Waals surface area (Å²) < 4.78 is 0. The van der Waals surface area contributed by atoms with Crippen molar-refractivity contribution in [3.63, 3.8) is 0 Å². The van der Waals surface area contributed by atoms with Gasteiger partial charge < -0.3 is 0 Å². The van der Waals surface area contributed by atoms with E-state index in [1.54, 1.807) is 0 Å². The van der Waals surface area contributed by atoms with Crippen molar-refractivity contribution in [1.29, 1.82) is 0 Å². The predicted octanol–water partition coefficient (Wildman–Crippen LogP) is -0.00750. The summed E-state index contributed by atoms with van der Waals surface area (Å²) in [5.41, 5.74) is 0. The quantitative estimate of drug-likeness (QED) is 0.503. The molecule has 0 heterocycles. The molecule has 0 N–H and O–H groups in total. The molecule has 0 atom stereocenters. The molecule has 0 bridgehead atoms. The fraction of sp³-hybridized carbons (Fsp3) is 0. The Kier molecular flexibility index (Phi) is 103. The van der Waals surface area contributed by atoms with Crippen LogP contribution >= 0.6 is 0 Å². The molecule has 0 rings (SSSR count). The maximum absolute atomic E-state index is 0. The van der Waals surface area contributed by atoms with Gasteiger partial charge in [-0.2, -0.15) is 0 Å². The van der Waals surface area contributed by atoms with Crippen molar-refractivity contribution < 1.29 is 108 Å². The number of hydrogen-bond acceptors (Lipinski definition) is 0. The van der Waals surface area contributed by atoms with Crippen LogP contribution in [0.25, 0.3) is 0 Å². The first-order chi connectivity index (χ1) is 0. The summed E-state index contributed by atoms with van der Waals surface area (Å²) in [5, 5.41) is 0. The molecule has 0 amide bonds. The Bertz CT molecular complexity index is 8.00. The average molecular weight is 399 g/mol. The maximum Gasteiger partial charge on any atom is 0 e. The summed E-state index contributed by atoms with van der Waals surface area (Å²) in [6.45, 7) is 0. The Morgan fingerprint density at radius 3 is 1.00 bits per heavy atom. The molecule has 0 fully saturated rings. The number of rotatable bonds is 0. The van der Waals surface area contributed by atoms with Crippen LogP contribution < -0.4 is 0 Å². The largest absolute Gasteiger partial charge is 0 e. The van der Waals surface area contributed by atoms with Crippen molar-refractivity contribution in [3.8, 4) is 0 Å². The Morgan fingerprint density at radius 1 is 1.00 bits per heavy atom. The van der Waals surface area contributed by atoms with Gasteiger partial charge >= 0.3 is 0 Å². The van der Waals surface area contributed by atoms with Crippen LogP contribution in [0.5, 0.6) is 0 Å². The molecule has 0 aromatic rings. The van der Waals surface area contributed by atoms with Crippen molar-refractivity contribution in [1.82, 2.24) is 0 Å². The van der Waals surface area contributed by atoms with Crippen LogP contribution in [0.3, 0.4) is 0 Å². The molecule has 0 aromatic carbocycles. The van der Waals surface area contributed by atoms with E-state index in [0.29, 0.717) is 0 Å². The molecule has 0 saturated carbocycles. The van der Waals surface area contributed by atoms with Crippen LogP contribution in [0.2, 0.25) is 0 Å². The van der Waals surface area contributed by atoms with Crippen molar-refractivity contribution in [3.05, 3.63) is 0 Å². The summed E-state index contributed by atoms with van der Waals surface area (Å²) >= 11 is 0. The van der Waals surface area contributed by atoms with Gasteiger partial charge in [0.15, 0.2) is 0 Å². The second kappa shape index (κ2) is 16.0. The van der Waals surface area contributed by atoms with Gasteiger partial charge in [0.05, 0.1) is 0 Å². The van der Waals surface area contributed by atoms with E-state index in [-0.39, 0.29) is 108 Å². The zero-order chi connectivity index (χ0) is 0. The first-order valence-electron chi connectivity index (χ1n) is 0. The van der Waals surface area contributed by atoms with Crippen molar-refractivity contribution >= 4 is 0 Å². The van der Waals surface area contributed by atoms with Crippen LogP contribution in [0.4, 0.5) is 0 Å². The summed E-state index contributed by atoms with van der Waals surface area (Å²) in [5.74, 6) is 0. The minimum atomic E-state index is 0. The van der Waals surface area contributed by atoms with E-state index in [1.165, 1.54) is 0 Å².